The van der Waals surface area contributed by atoms with E-state index in [1.54, 1.807) is 0 Å². The van der Waals surface area contributed by atoms with E-state index in [9.17, 15) is 0 Å². The number of hydrogen-bond acceptors (Lipinski definition) is 0. The van der Waals surface area contributed by atoms with Gasteiger partial charge in [0.1, 0.15) is 0 Å². The number of hydrogen-bond donors (Lipinski definition) is 0. The minimum absolute atomic E-state index is 0. The molecular formula is C42H76. The van der Waals surface area contributed by atoms with Gasteiger partial charge < -0.3 is 0 Å². The van der Waals surface area contributed by atoms with Gasteiger partial charge in [0.05, 0.1) is 0 Å². The van der Waals surface area contributed by atoms with E-state index >= 15 is 0 Å². The van der Waals surface area contributed by atoms with Crippen molar-refractivity contribution < 1.29 is 0 Å². The van der Waals surface area contributed by atoms with Gasteiger partial charge in [-0.1, -0.05) is 191 Å². The molecule has 3 aromatic rings. The fourth-order valence-corrected chi connectivity index (χ4v) is 3.94. The smallest absolute Gasteiger partial charge is 0.0152 e. The van der Waals surface area contributed by atoms with E-state index in [1.165, 1.54) is 47.6 Å². The maximum atomic E-state index is 2.27. The van der Waals surface area contributed by atoms with E-state index in [2.05, 4.69) is 170 Å². The largest absolute Gasteiger partial charge is 0.0776 e. The van der Waals surface area contributed by atoms with Crippen LogP contribution in [0.4, 0.5) is 0 Å². The highest BCUT2D eigenvalue weighted by Crippen LogP contribution is 2.20. The summed E-state index contributed by atoms with van der Waals surface area (Å²) in [5, 5.41) is 2.76. The van der Waals surface area contributed by atoms with Crippen LogP contribution >= 0.6 is 0 Å². The summed E-state index contributed by atoms with van der Waals surface area (Å²) in [6, 6.07) is 25.8. The van der Waals surface area contributed by atoms with Gasteiger partial charge in [-0.25, -0.2) is 0 Å². The van der Waals surface area contributed by atoms with Crippen LogP contribution in [0.15, 0.2) is 72.8 Å². The summed E-state index contributed by atoms with van der Waals surface area (Å²) in [6.45, 7) is 31.2. The lowest BCUT2D eigenvalue weighted by Gasteiger charge is -2.08. The highest BCUT2D eigenvalue weighted by atomic mass is 14.1. The summed E-state index contributed by atoms with van der Waals surface area (Å²) in [6.07, 6.45) is 5.03. The Kier molecular flexibility index (Phi) is 32.4. The van der Waals surface area contributed by atoms with Gasteiger partial charge in [-0.05, 0) is 76.7 Å². The first-order chi connectivity index (χ1) is 18.7. The van der Waals surface area contributed by atoms with Crippen LogP contribution in [-0.4, -0.2) is 0 Å². The van der Waals surface area contributed by atoms with Crippen LogP contribution in [0.25, 0.3) is 10.8 Å². The summed E-state index contributed by atoms with van der Waals surface area (Å²) in [4.78, 5) is 0. The highest BCUT2D eigenvalue weighted by Gasteiger charge is 2.02. The molecule has 3 aromatic carbocycles. The standard InChI is InChI=1S/C14H16.C10H14.C7H16.C5H12.C4H10.2CH4/c1-11(2)10-13-8-5-7-12-6-3-4-9-14(12)13;1-9(2)8-10-6-4-3-5-7-10;1-6(2)5-7(3)4;1-4-5(2)3;1-4(2)3;;/h3-9,11H,10H2,1-2H3;3-7,9H,8H2,1-2H3;6-7H,5H2,1-4H3;5H,4H2,1-3H3;4H,1-3H3;2*1H4. The Morgan fingerprint density at radius 2 is 0.857 bits per heavy atom. The molecule has 0 saturated heterocycles. The van der Waals surface area contributed by atoms with Gasteiger partial charge in [-0.3, -0.25) is 0 Å². The SMILES string of the molecule is C.C.CC(C)C.CC(C)CC(C)C.CC(C)Cc1cccc2ccccc12.CC(C)Cc1ccccc1.CCC(C)C. The first kappa shape index (κ1) is 46.9. The first-order valence-corrected chi connectivity index (χ1v) is 16.2. The number of rotatable bonds is 7. The molecule has 0 nitrogen and oxygen atoms in total. The average Bonchev–Trinajstić information content (AvgIpc) is 2.84. The van der Waals surface area contributed by atoms with Crippen LogP contribution in [0.3, 0.4) is 0 Å². The zero-order valence-corrected chi connectivity index (χ0v) is 29.2. The van der Waals surface area contributed by atoms with Crippen molar-refractivity contribution in [2.45, 2.75) is 137 Å². The molecule has 0 aliphatic heterocycles. The van der Waals surface area contributed by atoms with Crippen molar-refractivity contribution in [3.8, 4) is 0 Å². The zero-order chi connectivity index (χ0) is 31.1. The molecule has 3 rings (SSSR count). The van der Waals surface area contributed by atoms with Crippen molar-refractivity contribution in [3.63, 3.8) is 0 Å². The third kappa shape index (κ3) is 30.9. The van der Waals surface area contributed by atoms with Crippen LogP contribution in [0.1, 0.15) is 136 Å². The van der Waals surface area contributed by atoms with Crippen molar-refractivity contribution in [1.29, 1.82) is 0 Å². The summed E-state index contributed by atoms with van der Waals surface area (Å²) in [5.74, 6) is 4.96. The molecule has 0 unspecified atom stereocenters. The molecule has 0 fully saturated rings. The van der Waals surface area contributed by atoms with Gasteiger partial charge in [0.15, 0.2) is 0 Å². The Morgan fingerprint density at radius 1 is 0.452 bits per heavy atom. The molecule has 0 heterocycles. The molecule has 0 spiro atoms. The van der Waals surface area contributed by atoms with E-state index in [1.807, 2.05) is 0 Å². The first-order valence-electron chi connectivity index (χ1n) is 16.2. The molecule has 0 atom stereocenters. The molecule has 0 aromatic heterocycles. The lowest BCUT2D eigenvalue weighted by atomic mass is 9.97. The van der Waals surface area contributed by atoms with E-state index < -0.39 is 0 Å². The fraction of sp³-hybridized carbons (Fsp3) is 0.619. The Balaban J connectivity index is -0.000000229. The molecule has 0 radical (unpaired) electrons. The van der Waals surface area contributed by atoms with E-state index in [-0.39, 0.29) is 14.9 Å². The Labute approximate surface area is 267 Å². The van der Waals surface area contributed by atoms with E-state index in [0.29, 0.717) is 0 Å². The second kappa shape index (κ2) is 29.0. The number of benzene rings is 3. The van der Waals surface area contributed by atoms with Gasteiger partial charge in [-0.15, -0.1) is 0 Å². The molecule has 0 aliphatic rings. The molecule has 0 aliphatic carbocycles. The molecule has 244 valence electrons. The van der Waals surface area contributed by atoms with Gasteiger partial charge >= 0.3 is 0 Å². The van der Waals surface area contributed by atoms with Crippen LogP contribution < -0.4 is 0 Å². The van der Waals surface area contributed by atoms with Crippen molar-refractivity contribution >= 4 is 10.8 Å². The average molecular weight is 581 g/mol. The lowest BCUT2D eigenvalue weighted by molar-refractivity contribution is 0.469. The topological polar surface area (TPSA) is 0 Å². The van der Waals surface area contributed by atoms with Gasteiger partial charge in [-0.2, -0.15) is 0 Å². The van der Waals surface area contributed by atoms with Crippen molar-refractivity contribution in [2.75, 3.05) is 0 Å². The number of fused-ring (bicyclic) bond motifs is 1. The minimum atomic E-state index is 0. The highest BCUT2D eigenvalue weighted by molar-refractivity contribution is 5.85. The fourth-order valence-electron chi connectivity index (χ4n) is 3.94. The molecule has 42 heavy (non-hydrogen) atoms. The monoisotopic (exact) mass is 581 g/mol. The Morgan fingerprint density at radius 3 is 1.24 bits per heavy atom. The second-order valence-corrected chi connectivity index (χ2v) is 13.9. The van der Waals surface area contributed by atoms with Gasteiger partial charge in [0.2, 0.25) is 0 Å². The van der Waals surface area contributed by atoms with Crippen molar-refractivity contribution in [3.05, 3.63) is 83.9 Å². The molecule has 0 heteroatoms. The third-order valence-electron chi connectivity index (χ3n) is 5.75. The summed E-state index contributed by atoms with van der Waals surface area (Å²) in [5.41, 5.74) is 2.91. The molecule has 0 bridgehead atoms. The summed E-state index contributed by atoms with van der Waals surface area (Å²) < 4.78 is 0. The van der Waals surface area contributed by atoms with Gasteiger partial charge in [0, 0.05) is 0 Å². The normalized spacial score (nSPS) is 10.0. The van der Waals surface area contributed by atoms with Crippen LogP contribution in [0.2, 0.25) is 0 Å². The van der Waals surface area contributed by atoms with Crippen LogP contribution in [0.5, 0.6) is 0 Å². The molecule has 0 N–H and O–H groups in total. The van der Waals surface area contributed by atoms with Crippen LogP contribution in [0, 0.1) is 35.5 Å². The van der Waals surface area contributed by atoms with E-state index in [0.717, 1.165) is 35.5 Å². The van der Waals surface area contributed by atoms with Gasteiger partial charge in [0.25, 0.3) is 0 Å². The second-order valence-electron chi connectivity index (χ2n) is 13.9. The Hall–Kier alpha value is -2.08. The molecule has 0 saturated carbocycles. The molecule has 0 amide bonds. The summed E-state index contributed by atoms with van der Waals surface area (Å²) in [7, 11) is 0. The maximum absolute atomic E-state index is 2.27. The summed E-state index contributed by atoms with van der Waals surface area (Å²) >= 11 is 0. The molecular weight excluding hydrogens is 504 g/mol. The van der Waals surface area contributed by atoms with Crippen LogP contribution in [-0.2, 0) is 12.8 Å². The van der Waals surface area contributed by atoms with Crippen molar-refractivity contribution in [1.82, 2.24) is 0 Å². The van der Waals surface area contributed by atoms with Crippen molar-refractivity contribution in [2.24, 2.45) is 35.5 Å². The predicted octanol–water partition coefficient (Wildman–Crippen LogP) is 14.6. The third-order valence-corrected chi connectivity index (χ3v) is 5.75. The minimum Gasteiger partial charge on any atom is -0.0776 e. The zero-order valence-electron chi connectivity index (χ0n) is 29.2. The maximum Gasteiger partial charge on any atom is -0.0152 e. The Bertz CT molecular complexity index is 914. The quantitative estimate of drug-likeness (QED) is 0.261. The predicted molar refractivity (Wildman–Crippen MR) is 201 cm³/mol. The van der Waals surface area contributed by atoms with E-state index in [4.69, 9.17) is 0 Å². The lowest BCUT2D eigenvalue weighted by Crippen LogP contribution is -1.94.